The van der Waals surface area contributed by atoms with Gasteiger partial charge in [-0.1, -0.05) is 13.8 Å². The van der Waals surface area contributed by atoms with Crippen molar-refractivity contribution in [3.05, 3.63) is 35.0 Å². The Kier molecular flexibility index (Phi) is 6.20. The quantitative estimate of drug-likeness (QED) is 0.517. The fourth-order valence-electron chi connectivity index (χ4n) is 3.88. The zero-order valence-electron chi connectivity index (χ0n) is 19.7. The standard InChI is InChI=1S/C23H28FN7O2S/c1-13-10-15(17(24)16(11-13)31-34(4,32)33)19-20(29-21(28-19)23(3)6-7-23)18-14(2)12-27-22(30-18)26-9-5-8-25/h10-11,14,31H,5-7,9,12H2,1-4H3,(H,26,27)(H,28,29). The molecule has 1 aromatic heterocycles. The molecule has 1 fully saturated rings. The molecule has 4 rings (SSSR count). The van der Waals surface area contributed by atoms with Crippen LogP contribution in [-0.4, -0.2) is 49.4 Å². The number of H-pyrrole nitrogens is 1. The van der Waals surface area contributed by atoms with E-state index in [1.807, 2.05) is 6.92 Å². The summed E-state index contributed by atoms with van der Waals surface area (Å²) in [5.74, 6) is 0.433. The Bertz CT molecular complexity index is 1330. The summed E-state index contributed by atoms with van der Waals surface area (Å²) in [4.78, 5) is 17.3. The van der Waals surface area contributed by atoms with Gasteiger partial charge >= 0.3 is 0 Å². The highest BCUT2D eigenvalue weighted by Gasteiger charge is 2.43. The van der Waals surface area contributed by atoms with Gasteiger partial charge in [0.15, 0.2) is 5.82 Å². The molecule has 180 valence electrons. The Morgan fingerprint density at radius 2 is 2.09 bits per heavy atom. The number of nitrogens with zero attached hydrogens (tertiary/aromatic N) is 4. The molecular weight excluding hydrogens is 457 g/mol. The van der Waals surface area contributed by atoms with E-state index in [1.54, 1.807) is 13.0 Å². The molecule has 2 aliphatic rings. The van der Waals surface area contributed by atoms with Gasteiger partial charge in [-0.05, 0) is 37.5 Å². The lowest BCUT2D eigenvalue weighted by Gasteiger charge is -2.19. The number of guanidine groups is 1. The van der Waals surface area contributed by atoms with Crippen LogP contribution in [0.2, 0.25) is 0 Å². The lowest BCUT2D eigenvalue weighted by molar-refractivity contribution is 0.604. The summed E-state index contributed by atoms with van der Waals surface area (Å²) in [5, 5.41) is 11.9. The van der Waals surface area contributed by atoms with Crippen molar-refractivity contribution in [1.29, 1.82) is 5.26 Å². The maximum atomic E-state index is 15.6. The number of halogens is 1. The number of sulfonamides is 1. The normalized spacial score (nSPS) is 19.1. The highest BCUT2D eigenvalue weighted by Crippen LogP contribution is 2.47. The van der Waals surface area contributed by atoms with Crippen LogP contribution >= 0.6 is 0 Å². The molecule has 1 unspecified atom stereocenters. The molecule has 9 nitrogen and oxygen atoms in total. The molecule has 1 atom stereocenters. The number of hydrogen-bond donors (Lipinski definition) is 3. The first-order valence-electron chi connectivity index (χ1n) is 11.1. The molecule has 0 bridgehead atoms. The second kappa shape index (κ2) is 8.83. The summed E-state index contributed by atoms with van der Waals surface area (Å²) in [6.07, 6.45) is 3.25. The highest BCUT2D eigenvalue weighted by molar-refractivity contribution is 7.92. The summed E-state index contributed by atoms with van der Waals surface area (Å²) in [6.45, 7) is 6.77. The van der Waals surface area contributed by atoms with Gasteiger partial charge < -0.3 is 10.3 Å². The number of rotatable bonds is 7. The van der Waals surface area contributed by atoms with Crippen molar-refractivity contribution in [2.24, 2.45) is 15.9 Å². The van der Waals surface area contributed by atoms with Gasteiger partial charge in [-0.2, -0.15) is 5.26 Å². The first-order chi connectivity index (χ1) is 16.0. The Hall–Kier alpha value is -3.26. The number of hydrogen-bond acceptors (Lipinski definition) is 7. The first-order valence-corrected chi connectivity index (χ1v) is 13.0. The van der Waals surface area contributed by atoms with E-state index in [9.17, 15) is 8.42 Å². The molecule has 1 aliphatic heterocycles. The lowest BCUT2D eigenvalue weighted by atomic mass is 9.97. The predicted molar refractivity (Wildman–Crippen MR) is 130 cm³/mol. The van der Waals surface area contributed by atoms with Crippen molar-refractivity contribution < 1.29 is 12.8 Å². The zero-order valence-corrected chi connectivity index (χ0v) is 20.5. The minimum atomic E-state index is -3.67. The Balaban J connectivity index is 1.85. The van der Waals surface area contributed by atoms with Crippen LogP contribution in [0.5, 0.6) is 0 Å². The van der Waals surface area contributed by atoms with Crippen LogP contribution in [0, 0.1) is 30.0 Å². The molecule has 0 spiro atoms. The Morgan fingerprint density at radius 3 is 2.74 bits per heavy atom. The van der Waals surface area contributed by atoms with Gasteiger partial charge in [-0.15, -0.1) is 0 Å². The molecule has 0 amide bonds. The molecule has 2 heterocycles. The number of benzene rings is 1. The summed E-state index contributed by atoms with van der Waals surface area (Å²) in [7, 11) is -3.67. The third-order valence-corrected chi connectivity index (χ3v) is 6.62. The summed E-state index contributed by atoms with van der Waals surface area (Å²) in [5.41, 5.74) is 2.33. The fraction of sp³-hybridized carbons (Fsp3) is 0.478. The van der Waals surface area contributed by atoms with Crippen LogP contribution in [0.3, 0.4) is 0 Å². The van der Waals surface area contributed by atoms with E-state index in [-0.39, 0.29) is 22.6 Å². The largest absolute Gasteiger partial charge is 0.353 e. The van der Waals surface area contributed by atoms with Crippen LogP contribution in [0.15, 0.2) is 22.1 Å². The van der Waals surface area contributed by atoms with Gasteiger partial charge in [0, 0.05) is 23.4 Å². The first kappa shape index (κ1) is 23.9. The maximum absolute atomic E-state index is 15.6. The minimum absolute atomic E-state index is 0.0536. The van der Waals surface area contributed by atoms with Gasteiger partial charge in [0.2, 0.25) is 16.0 Å². The molecular formula is C23H28FN7O2S. The van der Waals surface area contributed by atoms with E-state index in [0.29, 0.717) is 48.1 Å². The third-order valence-electron chi connectivity index (χ3n) is 6.03. The van der Waals surface area contributed by atoms with Crippen molar-refractivity contribution in [2.45, 2.75) is 45.4 Å². The molecule has 11 heteroatoms. The molecule has 0 radical (unpaired) electrons. The van der Waals surface area contributed by atoms with Gasteiger partial charge in [0.25, 0.3) is 0 Å². The van der Waals surface area contributed by atoms with Gasteiger partial charge in [0.05, 0.1) is 42.4 Å². The molecule has 1 aromatic carbocycles. The van der Waals surface area contributed by atoms with E-state index >= 15 is 4.39 Å². The number of aromatic amines is 1. The molecule has 3 N–H and O–H groups in total. The molecule has 1 aliphatic carbocycles. The van der Waals surface area contributed by atoms with Crippen LogP contribution in [0.4, 0.5) is 10.1 Å². The van der Waals surface area contributed by atoms with Gasteiger partial charge in [0.1, 0.15) is 11.5 Å². The smallest absolute Gasteiger partial charge is 0.229 e. The summed E-state index contributed by atoms with van der Waals surface area (Å²) in [6, 6.07) is 5.20. The minimum Gasteiger partial charge on any atom is -0.353 e. The second-order valence-electron chi connectivity index (χ2n) is 9.32. The monoisotopic (exact) mass is 485 g/mol. The zero-order chi connectivity index (χ0) is 24.7. The molecule has 0 saturated heterocycles. The van der Waals surface area contributed by atoms with Crippen molar-refractivity contribution in [1.82, 2.24) is 15.3 Å². The van der Waals surface area contributed by atoms with Crippen LogP contribution in [0.1, 0.15) is 50.2 Å². The SMILES string of the molecule is Cc1cc(NS(C)(=O)=O)c(F)c(-c2nc(C3(C)CC3)[nH]c2C2=NC(NCCC#N)=NCC2C)c1. The molecule has 1 saturated carbocycles. The third kappa shape index (κ3) is 4.97. The number of nitriles is 1. The van der Waals surface area contributed by atoms with Crippen LogP contribution in [0.25, 0.3) is 11.3 Å². The van der Waals surface area contributed by atoms with E-state index < -0.39 is 15.8 Å². The Labute approximate surface area is 198 Å². The average molecular weight is 486 g/mol. The molecule has 34 heavy (non-hydrogen) atoms. The number of nitrogens with one attached hydrogen (secondary N) is 3. The van der Waals surface area contributed by atoms with Crippen LogP contribution < -0.4 is 10.0 Å². The second-order valence-corrected chi connectivity index (χ2v) is 11.1. The number of anilines is 1. The lowest BCUT2D eigenvalue weighted by Crippen LogP contribution is -2.31. The van der Waals surface area contributed by atoms with Crippen molar-refractivity contribution in [3.63, 3.8) is 0 Å². The summed E-state index contributed by atoms with van der Waals surface area (Å²) < 4.78 is 41.5. The summed E-state index contributed by atoms with van der Waals surface area (Å²) >= 11 is 0. The van der Waals surface area contributed by atoms with Gasteiger partial charge in [-0.25, -0.2) is 22.8 Å². The van der Waals surface area contributed by atoms with Crippen LogP contribution in [-0.2, 0) is 15.4 Å². The number of imidazole rings is 1. The number of aromatic nitrogens is 2. The van der Waals surface area contributed by atoms with E-state index in [2.05, 4.69) is 38.0 Å². The highest BCUT2D eigenvalue weighted by atomic mass is 32.2. The van der Waals surface area contributed by atoms with E-state index in [4.69, 9.17) is 10.2 Å². The van der Waals surface area contributed by atoms with E-state index in [0.717, 1.165) is 24.9 Å². The average Bonchev–Trinajstić information content (AvgIpc) is 3.35. The van der Waals surface area contributed by atoms with Crippen molar-refractivity contribution in [2.75, 3.05) is 24.1 Å². The number of aryl methyl sites for hydroxylation is 1. The van der Waals surface area contributed by atoms with Crippen molar-refractivity contribution >= 4 is 27.4 Å². The topological polar surface area (TPSA) is 135 Å². The van der Waals surface area contributed by atoms with Crippen molar-refractivity contribution in [3.8, 4) is 17.3 Å². The number of aliphatic imine (C=N–C) groups is 2. The predicted octanol–water partition coefficient (Wildman–Crippen LogP) is 3.25. The van der Waals surface area contributed by atoms with E-state index in [1.165, 1.54) is 6.07 Å². The fourth-order valence-corrected chi connectivity index (χ4v) is 4.42. The molecule has 2 aromatic rings. The van der Waals surface area contributed by atoms with Gasteiger partial charge in [-0.3, -0.25) is 9.71 Å². The maximum Gasteiger partial charge on any atom is 0.229 e. The Morgan fingerprint density at radius 1 is 1.35 bits per heavy atom.